The van der Waals surface area contributed by atoms with Crippen LogP contribution in [0, 0.1) is 20.2 Å². The average Bonchev–Trinajstić information content (AvgIpc) is 2.65. The van der Waals surface area contributed by atoms with Crippen LogP contribution >= 0.6 is 15.9 Å². The molecule has 0 saturated heterocycles. The molecule has 0 bridgehead atoms. The van der Waals surface area contributed by atoms with Crippen molar-refractivity contribution in [2.45, 2.75) is 12.8 Å². The second-order valence-electron chi connectivity index (χ2n) is 6.02. The maximum atomic E-state index is 12.4. The molecule has 0 aliphatic heterocycles. The van der Waals surface area contributed by atoms with Crippen LogP contribution in [0.4, 0.5) is 17.1 Å². The highest BCUT2D eigenvalue weighted by molar-refractivity contribution is 9.09. The number of hydrogen-bond donors (Lipinski definition) is 3. The molecule has 0 aliphatic rings. The van der Waals surface area contributed by atoms with Gasteiger partial charge in [0.1, 0.15) is 11.3 Å². The zero-order chi connectivity index (χ0) is 22.9. The van der Waals surface area contributed by atoms with Crippen molar-refractivity contribution < 1.29 is 32.7 Å². The fourth-order valence-electron chi connectivity index (χ4n) is 2.57. The van der Waals surface area contributed by atoms with E-state index in [1.807, 2.05) is 0 Å². The number of nitro groups is 2. The molecule has 13 nitrogen and oxygen atoms in total. The van der Waals surface area contributed by atoms with Gasteiger partial charge < -0.3 is 15.3 Å². The van der Waals surface area contributed by atoms with Gasteiger partial charge in [-0.3, -0.25) is 29.6 Å². The maximum Gasteiger partial charge on any atom is 0.299 e. The molecule has 0 atom stereocenters. The molecular weight excluding hydrogens is 492 g/mol. The zero-order valence-corrected chi connectivity index (χ0v) is 18.1. The highest BCUT2D eigenvalue weighted by Crippen LogP contribution is 2.35. The van der Waals surface area contributed by atoms with E-state index in [0.717, 1.165) is 6.07 Å². The summed E-state index contributed by atoms with van der Waals surface area (Å²) < 4.78 is 30.8. The topological polar surface area (TPSA) is 193 Å². The van der Waals surface area contributed by atoms with E-state index >= 15 is 0 Å². The van der Waals surface area contributed by atoms with E-state index in [-0.39, 0.29) is 44.8 Å². The maximum absolute atomic E-state index is 12.4. The van der Waals surface area contributed by atoms with Crippen molar-refractivity contribution in [3.05, 3.63) is 37.9 Å². The summed E-state index contributed by atoms with van der Waals surface area (Å²) in [7, 11) is -4.24. The summed E-state index contributed by atoms with van der Waals surface area (Å²) in [4.78, 5) is 34.9. The van der Waals surface area contributed by atoms with Gasteiger partial charge in [-0.2, -0.15) is 8.42 Å². The fraction of sp³-hybridized carbons (Fsp3) is 0.533. The van der Waals surface area contributed by atoms with Gasteiger partial charge in [0.2, 0.25) is 0 Å². The number of carbonyl (C=O) groups is 1. The van der Waals surface area contributed by atoms with Crippen LogP contribution in [0.5, 0.6) is 0 Å². The molecule has 1 aromatic rings. The lowest BCUT2D eigenvalue weighted by atomic mass is 10.1. The zero-order valence-electron chi connectivity index (χ0n) is 15.7. The van der Waals surface area contributed by atoms with Crippen LogP contribution in [0.25, 0.3) is 0 Å². The van der Waals surface area contributed by atoms with E-state index in [2.05, 4.69) is 21.2 Å². The molecule has 0 heterocycles. The summed E-state index contributed by atoms with van der Waals surface area (Å²) in [5.74, 6) is -1.43. The molecule has 1 rings (SSSR count). The Kier molecular flexibility index (Phi) is 10.0. The fourth-order valence-corrected chi connectivity index (χ4v) is 3.49. The minimum absolute atomic E-state index is 0.0321. The van der Waals surface area contributed by atoms with Crippen molar-refractivity contribution >= 4 is 49.0 Å². The van der Waals surface area contributed by atoms with E-state index in [1.54, 1.807) is 0 Å². The van der Waals surface area contributed by atoms with Gasteiger partial charge in [0.05, 0.1) is 21.7 Å². The van der Waals surface area contributed by atoms with Gasteiger partial charge in [0, 0.05) is 31.6 Å². The third-order valence-electron chi connectivity index (χ3n) is 3.88. The molecule has 0 spiro atoms. The largest absolute Gasteiger partial charge is 0.396 e. The van der Waals surface area contributed by atoms with E-state index in [0.29, 0.717) is 11.4 Å². The number of hydrogen-bond acceptors (Lipinski definition) is 9. The number of rotatable bonds is 13. The molecule has 0 aliphatic carbocycles. The number of amides is 1. The lowest BCUT2D eigenvalue weighted by Crippen LogP contribution is -2.30. The molecule has 1 aromatic carbocycles. The van der Waals surface area contributed by atoms with Crippen molar-refractivity contribution in [3.8, 4) is 0 Å². The van der Waals surface area contributed by atoms with Crippen LogP contribution in [0.1, 0.15) is 23.2 Å². The molecule has 0 aromatic heterocycles. The van der Waals surface area contributed by atoms with Gasteiger partial charge in [0.15, 0.2) is 0 Å². The summed E-state index contributed by atoms with van der Waals surface area (Å²) >= 11 is 3.18. The lowest BCUT2D eigenvalue weighted by Gasteiger charge is -2.24. The number of carbonyl (C=O) groups excluding carboxylic acids is 1. The van der Waals surface area contributed by atoms with Crippen molar-refractivity contribution in [1.82, 2.24) is 5.32 Å². The molecule has 168 valence electrons. The molecule has 0 saturated carbocycles. The molecule has 0 radical (unpaired) electrons. The van der Waals surface area contributed by atoms with Crippen LogP contribution in [0.2, 0.25) is 0 Å². The minimum Gasteiger partial charge on any atom is -0.396 e. The monoisotopic (exact) mass is 512 g/mol. The molecule has 0 unspecified atom stereocenters. The van der Waals surface area contributed by atoms with E-state index < -0.39 is 48.6 Å². The summed E-state index contributed by atoms with van der Waals surface area (Å²) in [5, 5.41) is 34.4. The van der Waals surface area contributed by atoms with Crippen LogP contribution in [0.15, 0.2) is 12.1 Å². The SMILES string of the molecule is O=C(NCCCO)c1cc(N(CCBr)CCCS(=O)(=O)O)c([N+](=O)[O-])cc1[N+](=O)[O-]. The summed E-state index contributed by atoms with van der Waals surface area (Å²) in [5.41, 5.74) is -1.90. The Balaban J connectivity index is 3.43. The number of halogens is 1. The third-order valence-corrected chi connectivity index (χ3v) is 5.04. The smallest absolute Gasteiger partial charge is 0.299 e. The number of aliphatic hydroxyl groups is 1. The normalized spacial score (nSPS) is 11.2. The molecule has 30 heavy (non-hydrogen) atoms. The Labute approximate surface area is 180 Å². The summed E-state index contributed by atoms with van der Waals surface area (Å²) in [6, 6.07) is 1.70. The Morgan fingerprint density at radius 3 is 2.27 bits per heavy atom. The first-order valence-electron chi connectivity index (χ1n) is 8.63. The van der Waals surface area contributed by atoms with Crippen LogP contribution in [-0.2, 0) is 10.1 Å². The molecular formula is C15H21BrN4O9S. The number of nitrogens with one attached hydrogen (secondary N) is 1. The van der Waals surface area contributed by atoms with Gasteiger partial charge in [-0.1, -0.05) is 15.9 Å². The van der Waals surface area contributed by atoms with Crippen LogP contribution in [-0.4, -0.2) is 71.2 Å². The number of benzene rings is 1. The Morgan fingerprint density at radius 1 is 1.13 bits per heavy atom. The number of aliphatic hydroxyl groups excluding tert-OH is 1. The predicted molar refractivity (Wildman–Crippen MR) is 111 cm³/mol. The molecule has 3 N–H and O–H groups in total. The minimum atomic E-state index is -4.24. The van der Waals surface area contributed by atoms with Crippen molar-refractivity contribution in [2.24, 2.45) is 0 Å². The average molecular weight is 513 g/mol. The molecule has 1 amide bonds. The van der Waals surface area contributed by atoms with Gasteiger partial charge in [-0.25, -0.2) is 0 Å². The summed E-state index contributed by atoms with van der Waals surface area (Å²) in [6.07, 6.45) is 0.142. The third kappa shape index (κ3) is 7.81. The number of nitrogens with zero attached hydrogens (tertiary/aromatic N) is 3. The number of nitro benzene ring substituents is 2. The first kappa shape index (κ1) is 25.7. The second kappa shape index (κ2) is 11.7. The highest BCUT2D eigenvalue weighted by atomic mass is 79.9. The standard InChI is InChI=1S/C15H21BrN4O9S/c16-3-6-18(5-2-8-30(27,28)29)13-9-11(15(22)17-4-1-7-21)12(19(23)24)10-14(13)20(25)26/h9-10,21H,1-8H2,(H,17,22)(H,27,28,29). The Bertz CT molecular complexity index is 894. The summed E-state index contributed by atoms with van der Waals surface area (Å²) in [6.45, 7) is -0.0374. The van der Waals surface area contributed by atoms with Gasteiger partial charge in [-0.15, -0.1) is 0 Å². The van der Waals surface area contributed by atoms with Crippen molar-refractivity contribution in [1.29, 1.82) is 0 Å². The number of anilines is 1. The quantitative estimate of drug-likeness (QED) is 0.113. The first-order chi connectivity index (χ1) is 14.0. The van der Waals surface area contributed by atoms with Gasteiger partial charge in [0.25, 0.3) is 27.4 Å². The van der Waals surface area contributed by atoms with Crippen LogP contribution < -0.4 is 10.2 Å². The molecule has 15 heteroatoms. The van der Waals surface area contributed by atoms with Crippen molar-refractivity contribution in [3.63, 3.8) is 0 Å². The predicted octanol–water partition coefficient (Wildman–Crippen LogP) is 1.09. The highest BCUT2D eigenvalue weighted by Gasteiger charge is 2.30. The number of alkyl halides is 1. The van der Waals surface area contributed by atoms with E-state index in [1.165, 1.54) is 4.90 Å². The van der Waals surface area contributed by atoms with E-state index in [4.69, 9.17) is 9.66 Å². The van der Waals surface area contributed by atoms with Gasteiger partial charge >= 0.3 is 0 Å². The van der Waals surface area contributed by atoms with Gasteiger partial charge in [-0.05, 0) is 18.9 Å². The Morgan fingerprint density at radius 2 is 1.77 bits per heavy atom. The van der Waals surface area contributed by atoms with Crippen LogP contribution in [0.3, 0.4) is 0 Å². The second-order valence-corrected chi connectivity index (χ2v) is 8.39. The first-order valence-corrected chi connectivity index (χ1v) is 11.4. The van der Waals surface area contributed by atoms with E-state index in [9.17, 15) is 33.4 Å². The molecule has 0 fully saturated rings. The Hall–Kier alpha value is -2.36. The van der Waals surface area contributed by atoms with Crippen molar-refractivity contribution in [2.75, 3.05) is 42.2 Å². The lowest BCUT2D eigenvalue weighted by molar-refractivity contribution is -0.393.